The molecule has 2 aliphatic heterocycles. The molecule has 4 heterocycles. The molecule has 4 rings (SSSR count). The molecule has 0 aliphatic carbocycles. The van der Waals surface area contributed by atoms with Gasteiger partial charge >= 0.3 is 0 Å². The van der Waals surface area contributed by atoms with E-state index in [0.717, 1.165) is 5.75 Å². The van der Waals surface area contributed by atoms with Crippen molar-refractivity contribution < 1.29 is 13.9 Å². The topological polar surface area (TPSA) is 58.6 Å². The van der Waals surface area contributed by atoms with Crippen LogP contribution in [-0.4, -0.2) is 46.1 Å². The van der Waals surface area contributed by atoms with Gasteiger partial charge in [0.25, 0.3) is 5.91 Å². The molecule has 0 N–H and O–H groups in total. The summed E-state index contributed by atoms with van der Waals surface area (Å²) in [5, 5.41) is 0. The second-order valence-corrected chi connectivity index (χ2v) is 9.55. The van der Waals surface area contributed by atoms with E-state index in [0.29, 0.717) is 54.3 Å². The third kappa shape index (κ3) is 3.46. The molecule has 0 aromatic carbocycles. The zero-order chi connectivity index (χ0) is 21.5. The third-order valence-corrected chi connectivity index (χ3v) is 6.97. The lowest BCUT2D eigenvalue weighted by Gasteiger charge is -2.36. The van der Waals surface area contributed by atoms with Crippen LogP contribution in [0.15, 0.2) is 30.6 Å². The van der Waals surface area contributed by atoms with E-state index in [1.165, 1.54) is 0 Å². The fraction of sp³-hybridized carbons (Fsp3) is 0.500. The first-order valence-corrected chi connectivity index (χ1v) is 11.2. The molecule has 0 bridgehead atoms. The molecule has 2 aliphatic rings. The smallest absolute Gasteiger partial charge is 0.261 e. The van der Waals surface area contributed by atoms with Gasteiger partial charge in [0, 0.05) is 36.7 Å². The Balaban J connectivity index is 1.65. The number of ether oxygens (including phenoxy) is 1. The summed E-state index contributed by atoms with van der Waals surface area (Å²) in [6.07, 6.45) is 4.05. The Morgan fingerprint density at radius 2 is 1.97 bits per heavy atom. The van der Waals surface area contributed by atoms with Crippen LogP contribution in [0.5, 0.6) is 5.88 Å². The number of carbonyl (C=O) groups excluding carboxylic acids is 1. The van der Waals surface area contributed by atoms with Gasteiger partial charge in [-0.2, -0.15) is 0 Å². The molecule has 2 aromatic rings. The molecule has 0 saturated carbocycles. The van der Waals surface area contributed by atoms with Crippen molar-refractivity contribution in [3.8, 4) is 5.88 Å². The van der Waals surface area contributed by atoms with E-state index < -0.39 is 11.2 Å². The molecule has 2 aromatic heterocycles. The van der Waals surface area contributed by atoms with Crippen molar-refractivity contribution in [2.45, 2.75) is 44.8 Å². The number of methoxy groups -OCH3 is 1. The molecule has 0 spiro atoms. The number of anilines is 1. The van der Waals surface area contributed by atoms with E-state index in [1.54, 1.807) is 54.6 Å². The van der Waals surface area contributed by atoms with Crippen LogP contribution in [0.25, 0.3) is 0 Å². The number of halogens is 1. The minimum atomic E-state index is -1.44. The van der Waals surface area contributed by atoms with Crippen LogP contribution in [0.4, 0.5) is 10.1 Å². The molecule has 0 unspecified atom stereocenters. The number of pyridine rings is 2. The van der Waals surface area contributed by atoms with E-state index in [2.05, 4.69) is 21.2 Å². The fourth-order valence-electron chi connectivity index (χ4n) is 4.35. The van der Waals surface area contributed by atoms with E-state index in [-0.39, 0.29) is 5.91 Å². The van der Waals surface area contributed by atoms with Crippen molar-refractivity contribution in [1.82, 2.24) is 14.3 Å². The molecule has 1 saturated heterocycles. The lowest BCUT2D eigenvalue weighted by Crippen LogP contribution is -2.40. The van der Waals surface area contributed by atoms with Crippen molar-refractivity contribution in [3.63, 3.8) is 0 Å². The van der Waals surface area contributed by atoms with Gasteiger partial charge < -0.3 is 4.74 Å². The predicted octanol–water partition coefficient (Wildman–Crippen LogP) is 4.31. The summed E-state index contributed by atoms with van der Waals surface area (Å²) in [6.45, 7) is 7.36. The maximum atomic E-state index is 15.8. The summed E-state index contributed by atoms with van der Waals surface area (Å²) < 4.78 is 23.3. The van der Waals surface area contributed by atoms with Gasteiger partial charge in [-0.3, -0.25) is 19.0 Å². The highest BCUT2D eigenvalue weighted by molar-refractivity contribution is 7.96. The van der Waals surface area contributed by atoms with E-state index in [1.807, 2.05) is 13.8 Å². The number of rotatable bonds is 5. The quantitative estimate of drug-likeness (QED) is 0.659. The van der Waals surface area contributed by atoms with Gasteiger partial charge in [0.2, 0.25) is 5.88 Å². The fourth-order valence-corrected chi connectivity index (χ4v) is 5.16. The molecule has 30 heavy (non-hydrogen) atoms. The Morgan fingerprint density at radius 3 is 2.63 bits per heavy atom. The maximum Gasteiger partial charge on any atom is 0.261 e. The number of nitrogens with zero attached hydrogens (tertiary/aromatic N) is 4. The molecule has 1 fully saturated rings. The highest BCUT2D eigenvalue weighted by atomic mass is 32.2. The van der Waals surface area contributed by atoms with Gasteiger partial charge in [-0.15, -0.1) is 0 Å². The average Bonchev–Trinajstić information content (AvgIpc) is 2.95. The minimum Gasteiger partial charge on any atom is -0.481 e. The number of hydrogen-bond acceptors (Lipinski definition) is 6. The third-order valence-electron chi connectivity index (χ3n) is 5.98. The number of piperidine rings is 1. The van der Waals surface area contributed by atoms with Crippen LogP contribution in [0, 0.1) is 0 Å². The van der Waals surface area contributed by atoms with Gasteiger partial charge in [-0.25, -0.2) is 9.37 Å². The van der Waals surface area contributed by atoms with Crippen molar-refractivity contribution in [2.24, 2.45) is 0 Å². The van der Waals surface area contributed by atoms with Gasteiger partial charge in [0.15, 0.2) is 0 Å². The monoisotopic (exact) mass is 430 g/mol. The summed E-state index contributed by atoms with van der Waals surface area (Å²) >= 11 is 1.75. The van der Waals surface area contributed by atoms with Crippen LogP contribution in [0.2, 0.25) is 0 Å². The minimum absolute atomic E-state index is 0.161. The van der Waals surface area contributed by atoms with Crippen LogP contribution < -0.4 is 9.64 Å². The maximum absolute atomic E-state index is 15.8. The van der Waals surface area contributed by atoms with Gasteiger partial charge in [0.1, 0.15) is 5.67 Å². The number of fused-ring (bicyclic) bond motifs is 1. The van der Waals surface area contributed by atoms with E-state index >= 15 is 4.39 Å². The Labute approximate surface area is 181 Å². The Kier molecular flexibility index (Phi) is 5.48. The molecule has 6 nitrogen and oxygen atoms in total. The Hall–Kier alpha value is -2.19. The van der Waals surface area contributed by atoms with Gasteiger partial charge in [0.05, 0.1) is 35.8 Å². The molecular weight excluding hydrogens is 403 g/mol. The summed E-state index contributed by atoms with van der Waals surface area (Å²) in [6, 6.07) is 5.20. The van der Waals surface area contributed by atoms with Crippen LogP contribution >= 0.6 is 11.9 Å². The molecule has 8 heteroatoms. The number of carbonyl (C=O) groups is 1. The van der Waals surface area contributed by atoms with E-state index in [4.69, 9.17) is 4.74 Å². The highest BCUT2D eigenvalue weighted by Gasteiger charge is 2.46. The SMILES string of the molecule is CCSN1CCC(F)(c2cncc(N3C(=O)c4ccc(OC)nc4C3(C)C)c2)CC1. The standard InChI is InChI=1S/C22H27FN4O2S/c1-5-30-26-10-8-22(23,9-11-26)15-12-16(14-24-13-15)27-20(28)17-6-7-18(29-4)25-19(17)21(27,2)3/h6-7,12-14H,5,8-11H2,1-4H3. The molecule has 160 valence electrons. The zero-order valence-corrected chi connectivity index (χ0v) is 18.6. The van der Waals surface area contributed by atoms with Crippen LogP contribution in [-0.2, 0) is 11.2 Å². The number of alkyl halides is 1. The van der Waals surface area contributed by atoms with Crippen molar-refractivity contribution in [1.29, 1.82) is 0 Å². The summed E-state index contributed by atoms with van der Waals surface area (Å²) in [5.41, 5.74) is 0.164. The van der Waals surface area contributed by atoms with Crippen LogP contribution in [0.3, 0.4) is 0 Å². The number of aromatic nitrogens is 2. The highest BCUT2D eigenvalue weighted by Crippen LogP contribution is 2.44. The van der Waals surface area contributed by atoms with Gasteiger partial charge in [-0.1, -0.05) is 18.9 Å². The molecule has 0 radical (unpaired) electrons. The average molecular weight is 431 g/mol. The van der Waals surface area contributed by atoms with Crippen molar-refractivity contribution in [2.75, 3.05) is 30.9 Å². The largest absolute Gasteiger partial charge is 0.481 e. The van der Waals surface area contributed by atoms with Gasteiger partial charge in [-0.05, 0) is 38.8 Å². The van der Waals surface area contributed by atoms with Crippen molar-refractivity contribution >= 4 is 23.5 Å². The summed E-state index contributed by atoms with van der Waals surface area (Å²) in [4.78, 5) is 23.7. The normalized spacial score (nSPS) is 20.3. The molecule has 0 atom stereocenters. The second-order valence-electron chi connectivity index (χ2n) is 8.19. The second kappa shape index (κ2) is 7.81. The first-order valence-electron chi connectivity index (χ1n) is 10.2. The lowest BCUT2D eigenvalue weighted by molar-refractivity contribution is 0.0898. The summed E-state index contributed by atoms with van der Waals surface area (Å²) in [7, 11) is 1.55. The molecule has 1 amide bonds. The Bertz CT molecular complexity index is 960. The lowest BCUT2D eigenvalue weighted by atomic mass is 9.87. The number of hydrogen-bond donors (Lipinski definition) is 0. The molecular formula is C22H27FN4O2S. The number of amides is 1. The summed E-state index contributed by atoms with van der Waals surface area (Å²) in [5.74, 6) is 1.29. The first kappa shape index (κ1) is 21.1. The Morgan fingerprint density at radius 1 is 1.23 bits per heavy atom. The van der Waals surface area contributed by atoms with Crippen LogP contribution in [0.1, 0.15) is 55.2 Å². The van der Waals surface area contributed by atoms with E-state index in [9.17, 15) is 4.79 Å². The zero-order valence-electron chi connectivity index (χ0n) is 17.8. The predicted molar refractivity (Wildman–Crippen MR) is 117 cm³/mol. The van der Waals surface area contributed by atoms with Crippen molar-refractivity contribution in [3.05, 3.63) is 47.4 Å². The first-order chi connectivity index (χ1) is 14.3.